The van der Waals surface area contributed by atoms with Crippen molar-refractivity contribution in [2.45, 2.75) is 41.0 Å². The standard InChI is InChI=1S/C13H30N2/c1-6-13(11-14(7-2)8-3)12-15(9-4)10-5/h13H,6-12H2,1-5H3. The summed E-state index contributed by atoms with van der Waals surface area (Å²) in [6.45, 7) is 18.6. The molecule has 0 unspecified atom stereocenters. The van der Waals surface area contributed by atoms with Crippen molar-refractivity contribution in [3.8, 4) is 0 Å². The summed E-state index contributed by atoms with van der Waals surface area (Å²) in [7, 11) is 0. The summed E-state index contributed by atoms with van der Waals surface area (Å²) in [6, 6.07) is 0. The van der Waals surface area contributed by atoms with Gasteiger partial charge in [0.15, 0.2) is 0 Å². The maximum atomic E-state index is 2.54. The Bertz CT molecular complexity index is 114. The molecule has 0 aliphatic rings. The monoisotopic (exact) mass is 214 g/mol. The van der Waals surface area contributed by atoms with Gasteiger partial charge in [-0.1, -0.05) is 41.0 Å². The molecule has 0 rings (SSSR count). The Morgan fingerprint density at radius 3 is 1.20 bits per heavy atom. The van der Waals surface area contributed by atoms with E-state index >= 15 is 0 Å². The van der Waals surface area contributed by atoms with Crippen molar-refractivity contribution in [1.82, 2.24) is 9.80 Å². The smallest absolute Gasteiger partial charge is 0.00215 e. The minimum Gasteiger partial charge on any atom is -0.304 e. The molecule has 0 aromatic carbocycles. The van der Waals surface area contributed by atoms with Crippen LogP contribution >= 0.6 is 0 Å². The fraction of sp³-hybridized carbons (Fsp3) is 1.00. The summed E-state index contributed by atoms with van der Waals surface area (Å²) in [5, 5.41) is 0. The van der Waals surface area contributed by atoms with E-state index in [1.807, 2.05) is 0 Å². The zero-order valence-electron chi connectivity index (χ0n) is 11.4. The van der Waals surface area contributed by atoms with Crippen LogP contribution in [0.15, 0.2) is 0 Å². The highest BCUT2D eigenvalue weighted by molar-refractivity contribution is 4.67. The van der Waals surface area contributed by atoms with Gasteiger partial charge in [0.2, 0.25) is 0 Å². The molecular formula is C13H30N2. The summed E-state index contributed by atoms with van der Waals surface area (Å²) in [5.74, 6) is 0.838. The van der Waals surface area contributed by atoms with E-state index in [2.05, 4.69) is 44.4 Å². The fourth-order valence-corrected chi connectivity index (χ4v) is 2.01. The molecule has 0 saturated heterocycles. The normalized spacial score (nSPS) is 12.0. The maximum absolute atomic E-state index is 2.54. The molecule has 0 N–H and O–H groups in total. The molecule has 0 radical (unpaired) electrons. The van der Waals surface area contributed by atoms with E-state index in [1.54, 1.807) is 0 Å². The molecular weight excluding hydrogens is 184 g/mol. The lowest BCUT2D eigenvalue weighted by atomic mass is 10.1. The van der Waals surface area contributed by atoms with E-state index in [0.29, 0.717) is 0 Å². The first-order chi connectivity index (χ1) is 7.21. The second kappa shape index (κ2) is 9.17. The highest BCUT2D eigenvalue weighted by atomic mass is 15.1. The Morgan fingerprint density at radius 2 is 1.00 bits per heavy atom. The van der Waals surface area contributed by atoms with Crippen LogP contribution in [-0.2, 0) is 0 Å². The van der Waals surface area contributed by atoms with E-state index in [0.717, 1.165) is 5.92 Å². The molecule has 0 fully saturated rings. The number of hydrogen-bond donors (Lipinski definition) is 0. The van der Waals surface area contributed by atoms with Crippen molar-refractivity contribution in [2.75, 3.05) is 39.3 Å². The Morgan fingerprint density at radius 1 is 0.667 bits per heavy atom. The quantitative estimate of drug-likeness (QED) is 0.582. The second-order valence-corrected chi connectivity index (χ2v) is 4.25. The number of rotatable bonds is 9. The minimum absolute atomic E-state index is 0.838. The zero-order chi connectivity index (χ0) is 11.7. The van der Waals surface area contributed by atoms with Crippen molar-refractivity contribution in [3.63, 3.8) is 0 Å². The molecule has 2 nitrogen and oxygen atoms in total. The van der Waals surface area contributed by atoms with Crippen LogP contribution in [-0.4, -0.2) is 49.1 Å². The average molecular weight is 214 g/mol. The van der Waals surface area contributed by atoms with E-state index in [-0.39, 0.29) is 0 Å². The topological polar surface area (TPSA) is 6.48 Å². The molecule has 15 heavy (non-hydrogen) atoms. The molecule has 0 aliphatic carbocycles. The molecule has 92 valence electrons. The third-order valence-corrected chi connectivity index (χ3v) is 3.40. The van der Waals surface area contributed by atoms with Crippen LogP contribution < -0.4 is 0 Å². The van der Waals surface area contributed by atoms with Crippen LogP contribution in [0.4, 0.5) is 0 Å². The first kappa shape index (κ1) is 14.9. The molecule has 0 aromatic heterocycles. The van der Waals surface area contributed by atoms with Gasteiger partial charge in [-0.2, -0.15) is 0 Å². The van der Waals surface area contributed by atoms with E-state index in [4.69, 9.17) is 0 Å². The Labute approximate surface area is 96.6 Å². The van der Waals surface area contributed by atoms with Crippen LogP contribution in [0.3, 0.4) is 0 Å². The molecule has 0 heterocycles. The third-order valence-electron chi connectivity index (χ3n) is 3.40. The van der Waals surface area contributed by atoms with Crippen molar-refractivity contribution >= 4 is 0 Å². The van der Waals surface area contributed by atoms with Gasteiger partial charge in [-0.15, -0.1) is 0 Å². The van der Waals surface area contributed by atoms with Crippen LogP contribution in [0, 0.1) is 5.92 Å². The van der Waals surface area contributed by atoms with E-state index in [1.165, 1.54) is 45.7 Å². The lowest BCUT2D eigenvalue weighted by Gasteiger charge is -2.29. The first-order valence-electron chi connectivity index (χ1n) is 6.66. The van der Waals surface area contributed by atoms with Gasteiger partial charge in [0.05, 0.1) is 0 Å². The number of nitrogens with zero attached hydrogens (tertiary/aromatic N) is 2. The fourth-order valence-electron chi connectivity index (χ4n) is 2.01. The van der Waals surface area contributed by atoms with E-state index < -0.39 is 0 Å². The Kier molecular flexibility index (Phi) is 9.12. The van der Waals surface area contributed by atoms with Crippen LogP contribution in [0.2, 0.25) is 0 Å². The van der Waals surface area contributed by atoms with Gasteiger partial charge in [0.1, 0.15) is 0 Å². The predicted molar refractivity (Wildman–Crippen MR) is 69.4 cm³/mol. The Balaban J connectivity index is 4.00. The van der Waals surface area contributed by atoms with Crippen LogP contribution in [0.1, 0.15) is 41.0 Å². The molecule has 2 heteroatoms. The van der Waals surface area contributed by atoms with Gasteiger partial charge in [0, 0.05) is 13.1 Å². The largest absolute Gasteiger partial charge is 0.304 e. The molecule has 0 bridgehead atoms. The van der Waals surface area contributed by atoms with Gasteiger partial charge in [-0.3, -0.25) is 0 Å². The average Bonchev–Trinajstić information content (AvgIpc) is 2.30. The van der Waals surface area contributed by atoms with Gasteiger partial charge >= 0.3 is 0 Å². The van der Waals surface area contributed by atoms with Crippen molar-refractivity contribution in [3.05, 3.63) is 0 Å². The van der Waals surface area contributed by atoms with E-state index in [9.17, 15) is 0 Å². The maximum Gasteiger partial charge on any atom is 0.00215 e. The van der Waals surface area contributed by atoms with Gasteiger partial charge in [-0.25, -0.2) is 0 Å². The second-order valence-electron chi connectivity index (χ2n) is 4.25. The van der Waals surface area contributed by atoms with Gasteiger partial charge in [-0.05, 0) is 32.1 Å². The van der Waals surface area contributed by atoms with Gasteiger partial charge in [0.25, 0.3) is 0 Å². The number of hydrogen-bond acceptors (Lipinski definition) is 2. The molecule has 0 saturated carbocycles. The summed E-state index contributed by atoms with van der Waals surface area (Å²) in [5.41, 5.74) is 0. The highest BCUT2D eigenvalue weighted by Crippen LogP contribution is 2.08. The zero-order valence-corrected chi connectivity index (χ0v) is 11.4. The molecule has 0 amide bonds. The Hall–Kier alpha value is -0.0800. The highest BCUT2D eigenvalue weighted by Gasteiger charge is 2.13. The molecule has 0 atom stereocenters. The van der Waals surface area contributed by atoms with Gasteiger partial charge < -0.3 is 9.80 Å². The third kappa shape index (κ3) is 6.16. The summed E-state index contributed by atoms with van der Waals surface area (Å²) >= 11 is 0. The summed E-state index contributed by atoms with van der Waals surface area (Å²) in [4.78, 5) is 5.08. The minimum atomic E-state index is 0.838. The van der Waals surface area contributed by atoms with Crippen LogP contribution in [0.25, 0.3) is 0 Å². The van der Waals surface area contributed by atoms with Crippen molar-refractivity contribution < 1.29 is 0 Å². The molecule has 0 aliphatic heterocycles. The molecule has 0 aromatic rings. The predicted octanol–water partition coefficient (Wildman–Crippen LogP) is 2.70. The SMILES string of the molecule is CCC(CN(CC)CC)CN(CC)CC. The van der Waals surface area contributed by atoms with Crippen LogP contribution in [0.5, 0.6) is 0 Å². The lowest BCUT2D eigenvalue weighted by Crippen LogP contribution is -2.36. The van der Waals surface area contributed by atoms with Crippen molar-refractivity contribution in [1.29, 1.82) is 0 Å². The molecule has 0 spiro atoms. The lowest BCUT2D eigenvalue weighted by molar-refractivity contribution is 0.188. The van der Waals surface area contributed by atoms with Crippen molar-refractivity contribution in [2.24, 2.45) is 5.92 Å². The first-order valence-corrected chi connectivity index (χ1v) is 6.66. The summed E-state index contributed by atoms with van der Waals surface area (Å²) in [6.07, 6.45) is 1.30. The summed E-state index contributed by atoms with van der Waals surface area (Å²) < 4.78 is 0.